The van der Waals surface area contributed by atoms with Gasteiger partial charge in [0.1, 0.15) is 48.8 Å². The lowest BCUT2D eigenvalue weighted by atomic mass is 9.97. The van der Waals surface area contributed by atoms with Crippen molar-refractivity contribution < 1.29 is 64.6 Å². The molecular formula is C82H151NO13. The first kappa shape index (κ1) is 89.8. The third-order valence-electron chi connectivity index (χ3n) is 19.7. The Hall–Kier alpha value is -2.31. The molecule has 0 spiro atoms. The van der Waals surface area contributed by atoms with Crippen LogP contribution in [0.15, 0.2) is 60.8 Å². The molecule has 12 unspecified atom stereocenters. The number of carbonyl (C=O) groups excluding carboxylic acids is 1. The Morgan fingerprint density at radius 2 is 0.719 bits per heavy atom. The summed E-state index contributed by atoms with van der Waals surface area (Å²) in [6, 6.07) is -0.917. The van der Waals surface area contributed by atoms with Gasteiger partial charge in [0.05, 0.1) is 32.0 Å². The number of aliphatic hydroxyl groups excluding tert-OH is 8. The fourth-order valence-electron chi connectivity index (χ4n) is 13.3. The van der Waals surface area contributed by atoms with Crippen molar-refractivity contribution in [2.75, 3.05) is 19.8 Å². The predicted octanol–water partition coefficient (Wildman–Crippen LogP) is 18.4. The zero-order chi connectivity index (χ0) is 69.4. The molecular weight excluding hydrogens is 1210 g/mol. The van der Waals surface area contributed by atoms with Crippen LogP contribution in [-0.2, 0) is 23.7 Å². The minimum absolute atomic E-state index is 0.233. The number of hydrogen-bond acceptors (Lipinski definition) is 13. The molecule has 0 saturated carbocycles. The highest BCUT2D eigenvalue weighted by molar-refractivity contribution is 5.76. The van der Waals surface area contributed by atoms with Gasteiger partial charge in [0.25, 0.3) is 0 Å². The maximum absolute atomic E-state index is 13.4. The summed E-state index contributed by atoms with van der Waals surface area (Å²) in [6.07, 6.45) is 73.0. The number of hydrogen-bond donors (Lipinski definition) is 9. The van der Waals surface area contributed by atoms with Crippen molar-refractivity contribution in [2.24, 2.45) is 0 Å². The second kappa shape index (κ2) is 66.0. The average molecular weight is 1360 g/mol. The fourth-order valence-corrected chi connectivity index (χ4v) is 13.3. The summed E-state index contributed by atoms with van der Waals surface area (Å²) in [5.74, 6) is -0.233. The highest BCUT2D eigenvalue weighted by Gasteiger charge is 2.51. The summed E-state index contributed by atoms with van der Waals surface area (Å²) in [5, 5.41) is 87.7. The third kappa shape index (κ3) is 48.5. The van der Waals surface area contributed by atoms with E-state index in [4.69, 9.17) is 18.9 Å². The van der Waals surface area contributed by atoms with Gasteiger partial charge < -0.3 is 65.1 Å². The first-order chi connectivity index (χ1) is 47.1. The zero-order valence-electron chi connectivity index (χ0n) is 61.6. The Labute approximate surface area is 587 Å². The SMILES string of the molecule is CC/C=C\C/C=C\C/C=C\C/C=C\CCCCCCCCCCCCCCCCCCCCCCC(=O)NC(COC1OC(CO)C(OC2OC(CO)C(O)C(O)C2O)C(O)C1O)C(O)/C=C/CCCCCCCCCCCCCCCCCCCCCCCCCCCCC. The van der Waals surface area contributed by atoms with Crippen LogP contribution in [0.3, 0.4) is 0 Å². The summed E-state index contributed by atoms with van der Waals surface area (Å²) in [7, 11) is 0. The van der Waals surface area contributed by atoms with E-state index in [9.17, 15) is 45.6 Å². The highest BCUT2D eigenvalue weighted by atomic mass is 16.7. The van der Waals surface area contributed by atoms with Crippen molar-refractivity contribution in [1.82, 2.24) is 5.32 Å². The van der Waals surface area contributed by atoms with E-state index in [1.54, 1.807) is 6.08 Å². The normalized spacial score (nSPS) is 22.5. The van der Waals surface area contributed by atoms with E-state index in [-0.39, 0.29) is 18.9 Å². The van der Waals surface area contributed by atoms with Gasteiger partial charge in [-0.15, -0.1) is 0 Å². The van der Waals surface area contributed by atoms with Crippen molar-refractivity contribution in [3.8, 4) is 0 Å². The zero-order valence-corrected chi connectivity index (χ0v) is 61.6. The first-order valence-electron chi connectivity index (χ1n) is 40.5. The third-order valence-corrected chi connectivity index (χ3v) is 19.7. The summed E-state index contributed by atoms with van der Waals surface area (Å²) in [6.45, 7) is 2.75. The molecule has 0 aliphatic carbocycles. The second-order valence-electron chi connectivity index (χ2n) is 28.5. The summed E-state index contributed by atoms with van der Waals surface area (Å²) >= 11 is 0. The largest absolute Gasteiger partial charge is 0.394 e. The van der Waals surface area contributed by atoms with E-state index in [1.807, 2.05) is 6.08 Å². The number of allylic oxidation sites excluding steroid dienone is 9. The van der Waals surface area contributed by atoms with E-state index in [2.05, 4.69) is 67.8 Å². The van der Waals surface area contributed by atoms with E-state index in [0.717, 1.165) is 64.2 Å². The summed E-state index contributed by atoms with van der Waals surface area (Å²) in [5.41, 5.74) is 0. The van der Waals surface area contributed by atoms with Gasteiger partial charge in [-0.2, -0.15) is 0 Å². The van der Waals surface area contributed by atoms with Gasteiger partial charge in [0, 0.05) is 6.42 Å². The van der Waals surface area contributed by atoms with Gasteiger partial charge >= 0.3 is 0 Å². The van der Waals surface area contributed by atoms with Crippen molar-refractivity contribution in [3.63, 3.8) is 0 Å². The lowest BCUT2D eigenvalue weighted by molar-refractivity contribution is -0.359. The molecule has 2 rings (SSSR count). The van der Waals surface area contributed by atoms with Crippen LogP contribution in [0.5, 0.6) is 0 Å². The van der Waals surface area contributed by atoms with Gasteiger partial charge in [0.2, 0.25) is 5.91 Å². The molecule has 0 aromatic carbocycles. The number of aliphatic hydroxyl groups is 8. The molecule has 14 nitrogen and oxygen atoms in total. The molecule has 14 heteroatoms. The van der Waals surface area contributed by atoms with Crippen molar-refractivity contribution in [2.45, 2.75) is 434 Å². The molecule has 2 aliphatic heterocycles. The number of ether oxygens (including phenoxy) is 4. The van der Waals surface area contributed by atoms with Crippen LogP contribution in [0.1, 0.15) is 361 Å². The summed E-state index contributed by atoms with van der Waals surface area (Å²) in [4.78, 5) is 13.4. The van der Waals surface area contributed by atoms with Gasteiger partial charge in [-0.25, -0.2) is 0 Å². The molecule has 0 aromatic rings. The van der Waals surface area contributed by atoms with Crippen LogP contribution < -0.4 is 5.32 Å². The summed E-state index contributed by atoms with van der Waals surface area (Å²) < 4.78 is 22.9. The lowest BCUT2D eigenvalue weighted by Gasteiger charge is -2.46. The van der Waals surface area contributed by atoms with Crippen LogP contribution in [-0.4, -0.2) is 140 Å². The second-order valence-corrected chi connectivity index (χ2v) is 28.5. The predicted molar refractivity (Wildman–Crippen MR) is 397 cm³/mol. The van der Waals surface area contributed by atoms with Crippen LogP contribution >= 0.6 is 0 Å². The van der Waals surface area contributed by atoms with Gasteiger partial charge in [-0.3, -0.25) is 4.79 Å². The van der Waals surface area contributed by atoms with Gasteiger partial charge in [-0.05, 0) is 57.8 Å². The maximum Gasteiger partial charge on any atom is 0.220 e. The molecule has 2 heterocycles. The Balaban J connectivity index is 1.61. The maximum atomic E-state index is 13.4. The number of carbonyl (C=O) groups is 1. The number of amides is 1. The van der Waals surface area contributed by atoms with Crippen LogP contribution in [0, 0.1) is 0 Å². The molecule has 96 heavy (non-hydrogen) atoms. The van der Waals surface area contributed by atoms with Crippen molar-refractivity contribution in [3.05, 3.63) is 60.8 Å². The lowest BCUT2D eigenvalue weighted by Crippen LogP contribution is -2.65. The molecule has 2 fully saturated rings. The standard InChI is InChI=1S/C82H151NO13/c1-3-5-7-9-11-13-15-17-19-21-23-25-27-29-31-33-34-35-36-38-40-42-44-46-48-50-52-54-56-58-60-62-64-66-74(87)83-70(69-93-81-79(92)77(90)80(73(68-85)95-81)96-82-78(91)76(89)75(88)72(67-84)94-82)71(86)65-63-61-59-57-55-53-51-49-47-45-43-41-39-37-32-30-28-26-24-22-20-18-16-14-12-10-8-6-4-2/h5,7,11,13,17,19,23,25,63,65,70-73,75-82,84-86,88-92H,3-4,6,8-10,12,14-16,18,20-22,24,26-62,64,66-69H2,1-2H3,(H,83,87)/b7-5-,13-11-,19-17-,25-23-,65-63+. The quantitative estimate of drug-likeness (QED) is 0.0204. The molecule has 0 radical (unpaired) electrons. The van der Waals surface area contributed by atoms with Gasteiger partial charge in [0.15, 0.2) is 12.6 Å². The number of unbranched alkanes of at least 4 members (excludes halogenated alkanes) is 47. The Bertz CT molecular complexity index is 1840. The molecule has 2 aliphatic rings. The highest BCUT2D eigenvalue weighted by Crippen LogP contribution is 2.30. The molecule has 0 aromatic heterocycles. The van der Waals surface area contributed by atoms with Gasteiger partial charge in [-0.1, -0.05) is 357 Å². The van der Waals surface area contributed by atoms with Crippen LogP contribution in [0.4, 0.5) is 0 Å². The number of rotatable bonds is 68. The molecule has 1 amide bonds. The Kier molecular flexibility index (Phi) is 61.7. The molecule has 0 bridgehead atoms. The Morgan fingerprint density at radius 3 is 1.10 bits per heavy atom. The molecule has 2 saturated heterocycles. The first-order valence-corrected chi connectivity index (χ1v) is 40.5. The fraction of sp³-hybridized carbons (Fsp3) is 0.866. The minimum atomic E-state index is -1.79. The molecule has 562 valence electrons. The monoisotopic (exact) mass is 1360 g/mol. The van der Waals surface area contributed by atoms with Crippen LogP contribution in [0.25, 0.3) is 0 Å². The van der Waals surface area contributed by atoms with E-state index in [0.29, 0.717) is 6.42 Å². The number of nitrogens with one attached hydrogen (secondary N) is 1. The topological polar surface area (TPSA) is 228 Å². The molecule has 12 atom stereocenters. The smallest absolute Gasteiger partial charge is 0.220 e. The van der Waals surface area contributed by atoms with E-state index >= 15 is 0 Å². The van der Waals surface area contributed by atoms with E-state index in [1.165, 1.54) is 270 Å². The Morgan fingerprint density at radius 1 is 0.385 bits per heavy atom. The van der Waals surface area contributed by atoms with Crippen molar-refractivity contribution in [1.29, 1.82) is 0 Å². The van der Waals surface area contributed by atoms with Crippen molar-refractivity contribution >= 4 is 5.91 Å². The van der Waals surface area contributed by atoms with E-state index < -0.39 is 86.8 Å². The average Bonchev–Trinajstić information content (AvgIpc) is 0.812. The molecule has 9 N–H and O–H groups in total. The van der Waals surface area contributed by atoms with Crippen LogP contribution in [0.2, 0.25) is 0 Å². The minimum Gasteiger partial charge on any atom is -0.394 e.